The molecule has 4 N–H and O–H groups in total. The fraction of sp³-hybridized carbons (Fsp3) is 0.143. The summed E-state index contributed by atoms with van der Waals surface area (Å²) in [6, 6.07) is 9.34. The monoisotopic (exact) mass is 485 g/mol. The van der Waals surface area contributed by atoms with Gasteiger partial charge in [-0.15, -0.1) is 0 Å². The molecule has 0 unspecified atom stereocenters. The van der Waals surface area contributed by atoms with E-state index in [1.54, 1.807) is 18.2 Å². The fourth-order valence-corrected chi connectivity index (χ4v) is 5.78. The molecule has 0 aliphatic rings. The maximum Gasteiger partial charge on any atom is 0.357 e. The summed E-state index contributed by atoms with van der Waals surface area (Å²) < 4.78 is 34.6. The lowest BCUT2D eigenvalue weighted by Gasteiger charge is -2.09. The van der Waals surface area contributed by atoms with Crippen LogP contribution in [0.5, 0.6) is 0 Å². The number of rotatable bonds is 6. The molecular weight excluding hydrogens is 473 g/mol. The van der Waals surface area contributed by atoms with Crippen LogP contribution in [0.25, 0.3) is 0 Å². The number of benzene rings is 2. The Morgan fingerprint density at radius 1 is 1.12 bits per heavy atom. The van der Waals surface area contributed by atoms with Gasteiger partial charge < -0.3 is 9.79 Å². The van der Waals surface area contributed by atoms with Crippen LogP contribution < -0.4 is 10.4 Å². The normalized spacial score (nSPS) is 12.4. The third-order valence-corrected chi connectivity index (χ3v) is 7.61. The Balaban J connectivity index is 2.07. The van der Waals surface area contributed by atoms with Crippen molar-refractivity contribution in [1.29, 1.82) is 0 Å². The highest BCUT2D eigenvalue weighted by molar-refractivity contribution is 9.10. The molecule has 2 rings (SSSR count). The zero-order valence-electron chi connectivity index (χ0n) is 12.6. The second-order valence-electron chi connectivity index (χ2n) is 5.13. The maximum absolute atomic E-state index is 11.5. The predicted octanol–water partition coefficient (Wildman–Crippen LogP) is 2.99. The van der Waals surface area contributed by atoms with Gasteiger partial charge in [-0.3, -0.25) is 4.57 Å². The van der Waals surface area contributed by atoms with Crippen molar-refractivity contribution in [3.63, 3.8) is 0 Å². The first kappa shape index (κ1) is 20.9. The standard InChI is InChI=1S/C14H14BrClNO5PS2/c15-11-5-9(2-4-13(11)23(18,19)20)7-24-8-10-1-3-12(16)14(6-10)25(17,21)22/h1-6H,7-8H2,(H2,17,21,22)(H2,18,19,20). The van der Waals surface area contributed by atoms with Crippen molar-refractivity contribution in [2.24, 2.45) is 5.14 Å². The molecule has 0 bridgehead atoms. The molecule has 0 saturated heterocycles. The van der Waals surface area contributed by atoms with Crippen molar-refractivity contribution in [2.75, 3.05) is 0 Å². The first-order valence-corrected chi connectivity index (χ1v) is 12.2. The minimum atomic E-state index is -4.31. The largest absolute Gasteiger partial charge is 0.357 e. The molecule has 136 valence electrons. The van der Waals surface area contributed by atoms with Crippen LogP contribution in [0.4, 0.5) is 0 Å². The van der Waals surface area contributed by atoms with Crippen LogP contribution in [0.1, 0.15) is 11.1 Å². The van der Waals surface area contributed by atoms with E-state index in [4.69, 9.17) is 16.7 Å². The first-order valence-electron chi connectivity index (χ1n) is 6.72. The molecule has 0 atom stereocenters. The van der Waals surface area contributed by atoms with Gasteiger partial charge in [0.2, 0.25) is 10.0 Å². The summed E-state index contributed by atoms with van der Waals surface area (Å²) in [7, 11) is -8.19. The van der Waals surface area contributed by atoms with E-state index in [2.05, 4.69) is 15.9 Å². The zero-order chi connectivity index (χ0) is 18.8. The summed E-state index contributed by atoms with van der Waals surface area (Å²) in [5, 5.41) is 5.14. The fourth-order valence-electron chi connectivity index (χ4n) is 2.02. The molecule has 0 heterocycles. The predicted molar refractivity (Wildman–Crippen MR) is 104 cm³/mol. The van der Waals surface area contributed by atoms with E-state index in [0.29, 0.717) is 16.0 Å². The average Bonchev–Trinajstić information content (AvgIpc) is 2.46. The zero-order valence-corrected chi connectivity index (χ0v) is 17.5. The maximum atomic E-state index is 11.5. The molecule has 0 aliphatic heterocycles. The third kappa shape index (κ3) is 5.80. The molecule has 0 amide bonds. The van der Waals surface area contributed by atoms with E-state index in [9.17, 15) is 22.8 Å². The third-order valence-electron chi connectivity index (χ3n) is 3.17. The highest BCUT2D eigenvalue weighted by Crippen LogP contribution is 2.37. The van der Waals surface area contributed by atoms with Crippen molar-refractivity contribution in [1.82, 2.24) is 0 Å². The van der Waals surface area contributed by atoms with Crippen molar-refractivity contribution < 1.29 is 22.8 Å². The van der Waals surface area contributed by atoms with Crippen LogP contribution in [0.2, 0.25) is 5.02 Å². The number of primary sulfonamides is 1. The lowest BCUT2D eigenvalue weighted by Crippen LogP contribution is -2.13. The van der Waals surface area contributed by atoms with Crippen LogP contribution in [0.15, 0.2) is 45.8 Å². The van der Waals surface area contributed by atoms with Crippen LogP contribution >= 0.6 is 46.9 Å². The lowest BCUT2D eigenvalue weighted by molar-refractivity contribution is 0.387. The van der Waals surface area contributed by atoms with E-state index in [0.717, 1.165) is 11.1 Å². The van der Waals surface area contributed by atoms with Crippen LogP contribution in [-0.2, 0) is 26.1 Å². The first-order chi connectivity index (χ1) is 11.5. The molecule has 11 heteroatoms. The number of hydrogen-bond acceptors (Lipinski definition) is 4. The summed E-state index contributed by atoms with van der Waals surface area (Å²) in [5.41, 5.74) is 1.62. The number of thioether (sulfide) groups is 1. The molecular formula is C14H14BrClNO5PS2. The van der Waals surface area contributed by atoms with Gasteiger partial charge in [-0.25, -0.2) is 13.6 Å². The second kappa shape index (κ2) is 8.10. The Morgan fingerprint density at radius 3 is 2.20 bits per heavy atom. The topological polar surface area (TPSA) is 118 Å². The Kier molecular flexibility index (Phi) is 6.78. The number of sulfonamides is 1. The molecule has 0 radical (unpaired) electrons. The van der Waals surface area contributed by atoms with Crippen molar-refractivity contribution in [2.45, 2.75) is 16.4 Å². The molecule has 25 heavy (non-hydrogen) atoms. The molecule has 0 saturated carbocycles. The van der Waals surface area contributed by atoms with Gasteiger partial charge in [0.15, 0.2) is 0 Å². The van der Waals surface area contributed by atoms with E-state index < -0.39 is 17.6 Å². The van der Waals surface area contributed by atoms with Crippen LogP contribution in [0, 0.1) is 0 Å². The van der Waals surface area contributed by atoms with Gasteiger partial charge in [0, 0.05) is 16.0 Å². The highest BCUT2D eigenvalue weighted by Gasteiger charge is 2.20. The van der Waals surface area contributed by atoms with Gasteiger partial charge in [0.05, 0.1) is 10.3 Å². The number of nitrogens with two attached hydrogens (primary N) is 1. The van der Waals surface area contributed by atoms with Gasteiger partial charge >= 0.3 is 7.60 Å². The Bertz CT molecular complexity index is 948. The van der Waals surface area contributed by atoms with Crippen molar-refractivity contribution in [3.05, 3.63) is 57.0 Å². The van der Waals surface area contributed by atoms with E-state index in [-0.39, 0.29) is 15.2 Å². The van der Waals surface area contributed by atoms with E-state index in [1.165, 1.54) is 30.0 Å². The minimum absolute atomic E-state index is 0.0586. The average molecular weight is 487 g/mol. The minimum Gasteiger partial charge on any atom is -0.321 e. The van der Waals surface area contributed by atoms with E-state index in [1.807, 2.05) is 0 Å². The summed E-state index contributed by atoms with van der Waals surface area (Å²) in [6.45, 7) is 0. The summed E-state index contributed by atoms with van der Waals surface area (Å²) in [5.74, 6) is 1.10. The smallest absolute Gasteiger partial charge is 0.321 e. The summed E-state index contributed by atoms with van der Waals surface area (Å²) in [4.78, 5) is 18.3. The Labute approximate surface area is 163 Å². The molecule has 0 aliphatic carbocycles. The molecule has 2 aromatic rings. The van der Waals surface area contributed by atoms with Gasteiger partial charge in [-0.1, -0.05) is 23.7 Å². The number of halogens is 2. The van der Waals surface area contributed by atoms with Gasteiger partial charge in [0.1, 0.15) is 4.90 Å². The van der Waals surface area contributed by atoms with Crippen LogP contribution in [-0.4, -0.2) is 18.2 Å². The summed E-state index contributed by atoms with van der Waals surface area (Å²) in [6.07, 6.45) is 0. The van der Waals surface area contributed by atoms with Crippen LogP contribution in [0.3, 0.4) is 0 Å². The van der Waals surface area contributed by atoms with Crippen molar-refractivity contribution in [3.8, 4) is 0 Å². The Hall–Kier alpha value is -0.380. The summed E-state index contributed by atoms with van der Waals surface area (Å²) >= 11 is 10.5. The molecule has 0 aromatic heterocycles. The van der Waals surface area contributed by atoms with Gasteiger partial charge in [-0.05, 0) is 51.3 Å². The Morgan fingerprint density at radius 2 is 1.68 bits per heavy atom. The van der Waals surface area contributed by atoms with Gasteiger partial charge in [-0.2, -0.15) is 11.8 Å². The molecule has 6 nitrogen and oxygen atoms in total. The molecule has 2 aromatic carbocycles. The van der Waals surface area contributed by atoms with E-state index >= 15 is 0 Å². The molecule has 0 spiro atoms. The molecule has 0 fully saturated rings. The second-order valence-corrected chi connectivity index (χ2v) is 10.5. The van der Waals surface area contributed by atoms with Gasteiger partial charge in [0.25, 0.3) is 0 Å². The lowest BCUT2D eigenvalue weighted by atomic mass is 10.2. The number of hydrogen-bond donors (Lipinski definition) is 3. The quantitative estimate of drug-likeness (QED) is 0.540. The SMILES string of the molecule is NS(=O)(=O)c1cc(CSCc2ccc(P(=O)(O)O)c(Br)c2)ccc1Cl. The highest BCUT2D eigenvalue weighted by atomic mass is 79.9. The van der Waals surface area contributed by atoms with Crippen molar-refractivity contribution >= 4 is 62.2 Å².